The van der Waals surface area contributed by atoms with Gasteiger partial charge < -0.3 is 14.6 Å². The van der Waals surface area contributed by atoms with Gasteiger partial charge in [0.05, 0.1) is 11.7 Å². The van der Waals surface area contributed by atoms with Crippen molar-refractivity contribution in [1.82, 2.24) is 20.1 Å². The Labute approximate surface area is 161 Å². The molecule has 1 aromatic heterocycles. The number of aromatic nitrogens is 1. The van der Waals surface area contributed by atoms with E-state index in [0.29, 0.717) is 24.0 Å². The number of nitrogens with zero attached hydrogens (tertiary/aromatic N) is 3. The molecule has 1 saturated heterocycles. The molecule has 2 atom stereocenters. The van der Waals surface area contributed by atoms with Crippen LogP contribution in [0, 0.1) is 13.8 Å². The van der Waals surface area contributed by atoms with E-state index in [1.807, 2.05) is 18.7 Å². The fourth-order valence-corrected chi connectivity index (χ4v) is 4.59. The Morgan fingerprint density at radius 1 is 1.22 bits per heavy atom. The number of oxazole rings is 1. The molecule has 3 rings (SSSR count). The molecule has 0 unspecified atom stereocenters. The highest BCUT2D eigenvalue weighted by atomic mass is 16.4. The number of amides is 2. The molecule has 27 heavy (non-hydrogen) atoms. The van der Waals surface area contributed by atoms with Gasteiger partial charge in [-0.25, -0.2) is 4.98 Å². The lowest BCUT2D eigenvalue weighted by atomic mass is 10.1. The van der Waals surface area contributed by atoms with Crippen LogP contribution in [0.4, 0.5) is 0 Å². The number of aryl methyl sites for hydroxylation is 2. The van der Waals surface area contributed by atoms with Crippen LogP contribution in [0.1, 0.15) is 68.1 Å². The maximum Gasteiger partial charge on any atom is 0.289 e. The lowest BCUT2D eigenvalue weighted by molar-refractivity contribution is -0.136. The third-order valence-electron chi connectivity index (χ3n) is 5.94. The quantitative estimate of drug-likeness (QED) is 0.824. The van der Waals surface area contributed by atoms with E-state index in [1.165, 1.54) is 12.8 Å². The van der Waals surface area contributed by atoms with Crippen molar-refractivity contribution in [1.29, 1.82) is 0 Å². The van der Waals surface area contributed by atoms with Crippen LogP contribution in [0.2, 0.25) is 0 Å². The largest absolute Gasteiger partial charge is 0.436 e. The third-order valence-corrected chi connectivity index (χ3v) is 5.94. The minimum atomic E-state index is -0.236. The maximum atomic E-state index is 13.1. The third kappa shape index (κ3) is 4.18. The second-order valence-corrected chi connectivity index (χ2v) is 7.71. The summed E-state index contributed by atoms with van der Waals surface area (Å²) in [5.74, 6) is 0.723. The standard InChI is InChI=1S/C20H32N4O3/c1-5-23(6-2)20(26)17-11-15(12-24(17)16-9-7-8-10-16)22-19(25)18-13(3)21-14(4)27-18/h15-17H,5-12H2,1-4H3,(H,22,25)/t15-,17+/m1/s1. The summed E-state index contributed by atoms with van der Waals surface area (Å²) in [5.41, 5.74) is 0.603. The number of carbonyl (C=O) groups excluding carboxylic acids is 2. The summed E-state index contributed by atoms with van der Waals surface area (Å²) in [6.07, 6.45) is 5.39. The highest BCUT2D eigenvalue weighted by Gasteiger charge is 2.42. The Morgan fingerprint density at radius 3 is 2.44 bits per heavy atom. The van der Waals surface area contributed by atoms with Crippen molar-refractivity contribution < 1.29 is 14.0 Å². The van der Waals surface area contributed by atoms with E-state index in [-0.39, 0.29) is 29.7 Å². The average Bonchev–Trinajstić information content (AvgIpc) is 3.35. The molecule has 1 saturated carbocycles. The number of hydrogen-bond donors (Lipinski definition) is 1. The first kappa shape index (κ1) is 19.9. The zero-order chi connectivity index (χ0) is 19.6. The normalized spacial score (nSPS) is 23.7. The molecule has 7 nitrogen and oxygen atoms in total. The molecular formula is C20H32N4O3. The van der Waals surface area contributed by atoms with E-state index >= 15 is 0 Å². The lowest BCUT2D eigenvalue weighted by Gasteiger charge is -2.32. The first-order valence-corrected chi connectivity index (χ1v) is 10.2. The fraction of sp³-hybridized carbons (Fsp3) is 0.750. The second kappa shape index (κ2) is 8.42. The van der Waals surface area contributed by atoms with Crippen LogP contribution < -0.4 is 5.32 Å². The summed E-state index contributed by atoms with van der Waals surface area (Å²) in [7, 11) is 0. The summed E-state index contributed by atoms with van der Waals surface area (Å²) in [6, 6.07) is 0.258. The molecule has 1 aromatic rings. The molecule has 1 aliphatic carbocycles. The number of likely N-dealkylation sites (N-methyl/N-ethyl adjacent to an activating group) is 1. The molecule has 2 fully saturated rings. The zero-order valence-corrected chi connectivity index (χ0v) is 17.0. The van der Waals surface area contributed by atoms with Crippen molar-refractivity contribution in [3.05, 3.63) is 17.3 Å². The van der Waals surface area contributed by atoms with Crippen LogP contribution in [-0.2, 0) is 4.79 Å². The van der Waals surface area contributed by atoms with Gasteiger partial charge in [0.2, 0.25) is 11.7 Å². The van der Waals surface area contributed by atoms with Gasteiger partial charge in [-0.1, -0.05) is 12.8 Å². The molecule has 1 aliphatic heterocycles. The van der Waals surface area contributed by atoms with Gasteiger partial charge in [0.15, 0.2) is 5.89 Å². The molecular weight excluding hydrogens is 344 g/mol. The Morgan fingerprint density at radius 2 is 1.89 bits per heavy atom. The van der Waals surface area contributed by atoms with E-state index in [4.69, 9.17) is 4.42 Å². The first-order valence-electron chi connectivity index (χ1n) is 10.2. The summed E-state index contributed by atoms with van der Waals surface area (Å²) < 4.78 is 5.45. The zero-order valence-electron chi connectivity index (χ0n) is 17.0. The molecule has 150 valence electrons. The number of rotatable bonds is 6. The first-order chi connectivity index (χ1) is 12.9. The van der Waals surface area contributed by atoms with E-state index in [9.17, 15) is 9.59 Å². The SMILES string of the molecule is CCN(CC)C(=O)[C@@H]1C[C@@H](NC(=O)c2oc(C)nc2C)CN1C1CCCC1. The van der Waals surface area contributed by atoms with Gasteiger partial charge in [-0.3, -0.25) is 14.5 Å². The summed E-state index contributed by atoms with van der Waals surface area (Å²) in [5, 5.41) is 3.08. The Hall–Kier alpha value is -1.89. The van der Waals surface area contributed by atoms with Crippen LogP contribution in [0.25, 0.3) is 0 Å². The minimum Gasteiger partial charge on any atom is -0.436 e. The molecule has 0 bridgehead atoms. The smallest absolute Gasteiger partial charge is 0.289 e. The van der Waals surface area contributed by atoms with Crippen LogP contribution in [0.5, 0.6) is 0 Å². The van der Waals surface area contributed by atoms with Crippen molar-refractivity contribution in [2.24, 2.45) is 0 Å². The van der Waals surface area contributed by atoms with Gasteiger partial charge in [-0.2, -0.15) is 0 Å². The second-order valence-electron chi connectivity index (χ2n) is 7.71. The van der Waals surface area contributed by atoms with Crippen molar-refractivity contribution in [2.75, 3.05) is 19.6 Å². The number of hydrogen-bond acceptors (Lipinski definition) is 5. The van der Waals surface area contributed by atoms with Crippen molar-refractivity contribution >= 4 is 11.8 Å². The van der Waals surface area contributed by atoms with E-state index in [1.54, 1.807) is 13.8 Å². The Kier molecular flexibility index (Phi) is 6.19. The monoisotopic (exact) mass is 376 g/mol. The maximum absolute atomic E-state index is 13.1. The molecule has 2 heterocycles. The van der Waals surface area contributed by atoms with E-state index in [2.05, 4.69) is 15.2 Å². The lowest BCUT2D eigenvalue weighted by Crippen LogP contribution is -2.48. The van der Waals surface area contributed by atoms with E-state index < -0.39 is 0 Å². The van der Waals surface area contributed by atoms with Crippen LogP contribution in [-0.4, -0.2) is 64.4 Å². The van der Waals surface area contributed by atoms with Crippen LogP contribution in [0.3, 0.4) is 0 Å². The number of carbonyl (C=O) groups is 2. The molecule has 7 heteroatoms. The highest BCUT2D eigenvalue weighted by molar-refractivity contribution is 5.92. The Bertz CT molecular complexity index is 677. The molecule has 0 spiro atoms. The van der Waals surface area contributed by atoms with E-state index in [0.717, 1.165) is 32.5 Å². The average molecular weight is 377 g/mol. The highest BCUT2D eigenvalue weighted by Crippen LogP contribution is 2.31. The number of likely N-dealkylation sites (tertiary alicyclic amines) is 1. The van der Waals surface area contributed by atoms with Gasteiger partial charge in [0.1, 0.15) is 0 Å². The number of nitrogens with one attached hydrogen (secondary N) is 1. The molecule has 2 amide bonds. The topological polar surface area (TPSA) is 78.7 Å². The molecule has 0 radical (unpaired) electrons. The van der Waals surface area contributed by atoms with Crippen LogP contribution in [0.15, 0.2) is 4.42 Å². The Balaban J connectivity index is 1.73. The molecule has 2 aliphatic rings. The van der Waals surface area contributed by atoms with Gasteiger partial charge in [0, 0.05) is 38.6 Å². The van der Waals surface area contributed by atoms with Crippen molar-refractivity contribution in [3.8, 4) is 0 Å². The van der Waals surface area contributed by atoms with Crippen molar-refractivity contribution in [3.63, 3.8) is 0 Å². The molecule has 0 aromatic carbocycles. The molecule has 1 N–H and O–H groups in total. The summed E-state index contributed by atoms with van der Waals surface area (Å²) in [4.78, 5) is 34.1. The summed E-state index contributed by atoms with van der Waals surface area (Å²) in [6.45, 7) is 9.71. The van der Waals surface area contributed by atoms with Gasteiger partial charge >= 0.3 is 0 Å². The fourth-order valence-electron chi connectivity index (χ4n) is 4.59. The van der Waals surface area contributed by atoms with Gasteiger partial charge in [-0.05, 0) is 40.0 Å². The minimum absolute atomic E-state index is 0.0487. The van der Waals surface area contributed by atoms with Gasteiger partial charge in [0.25, 0.3) is 5.91 Å². The predicted octanol–water partition coefficient (Wildman–Crippen LogP) is 2.28. The summed E-state index contributed by atoms with van der Waals surface area (Å²) >= 11 is 0. The predicted molar refractivity (Wildman–Crippen MR) is 103 cm³/mol. The van der Waals surface area contributed by atoms with Crippen LogP contribution >= 0.6 is 0 Å². The van der Waals surface area contributed by atoms with Gasteiger partial charge in [-0.15, -0.1) is 0 Å². The van der Waals surface area contributed by atoms with Crippen molar-refractivity contribution in [2.45, 2.75) is 77.9 Å².